The van der Waals surface area contributed by atoms with Crippen molar-refractivity contribution in [3.63, 3.8) is 0 Å². The van der Waals surface area contributed by atoms with Crippen LogP contribution in [0.2, 0.25) is 0 Å². The second-order valence-corrected chi connectivity index (χ2v) is 9.32. The van der Waals surface area contributed by atoms with E-state index in [2.05, 4.69) is 34.9 Å². The minimum atomic E-state index is -0.127. The highest BCUT2D eigenvalue weighted by Gasteiger charge is 2.20. The summed E-state index contributed by atoms with van der Waals surface area (Å²) in [5.74, 6) is 0.961. The van der Waals surface area contributed by atoms with Gasteiger partial charge in [-0.1, -0.05) is 43.5 Å². The van der Waals surface area contributed by atoms with Crippen molar-refractivity contribution in [1.82, 2.24) is 9.97 Å². The number of fused-ring (bicyclic) bond motifs is 1. The summed E-state index contributed by atoms with van der Waals surface area (Å²) >= 11 is 0. The molecular formula is C29H30N4O. The van der Waals surface area contributed by atoms with Crippen LogP contribution < -0.4 is 10.6 Å². The number of hydrogen-bond acceptors (Lipinski definition) is 4. The van der Waals surface area contributed by atoms with E-state index < -0.39 is 0 Å². The summed E-state index contributed by atoms with van der Waals surface area (Å²) in [4.78, 5) is 22.4. The third kappa shape index (κ3) is 4.93. The molecular weight excluding hydrogens is 420 g/mol. The lowest BCUT2D eigenvalue weighted by Crippen LogP contribution is -2.12. The summed E-state index contributed by atoms with van der Waals surface area (Å²) in [7, 11) is 0. The average molecular weight is 451 g/mol. The fourth-order valence-electron chi connectivity index (χ4n) is 4.93. The van der Waals surface area contributed by atoms with Gasteiger partial charge in [0.2, 0.25) is 5.95 Å². The van der Waals surface area contributed by atoms with Crippen LogP contribution in [-0.2, 0) is 0 Å². The van der Waals surface area contributed by atoms with E-state index in [1.807, 2.05) is 56.3 Å². The van der Waals surface area contributed by atoms with Gasteiger partial charge in [0.25, 0.3) is 5.91 Å². The van der Waals surface area contributed by atoms with Crippen LogP contribution in [0, 0.1) is 13.8 Å². The van der Waals surface area contributed by atoms with Gasteiger partial charge in [-0.15, -0.1) is 0 Å². The van der Waals surface area contributed by atoms with Crippen LogP contribution in [-0.4, -0.2) is 15.9 Å². The van der Waals surface area contributed by atoms with E-state index in [9.17, 15) is 4.79 Å². The maximum atomic E-state index is 12.7. The van der Waals surface area contributed by atoms with E-state index in [1.165, 1.54) is 32.1 Å². The summed E-state index contributed by atoms with van der Waals surface area (Å²) in [6, 6.07) is 21.7. The van der Waals surface area contributed by atoms with Gasteiger partial charge in [-0.2, -0.15) is 0 Å². The van der Waals surface area contributed by atoms with Gasteiger partial charge in [0.15, 0.2) is 0 Å². The van der Waals surface area contributed by atoms with Crippen molar-refractivity contribution in [3.8, 4) is 0 Å². The molecule has 1 saturated carbocycles. The summed E-state index contributed by atoms with van der Waals surface area (Å²) in [5, 5.41) is 7.49. The maximum Gasteiger partial charge on any atom is 0.255 e. The van der Waals surface area contributed by atoms with E-state index in [1.54, 1.807) is 0 Å². The van der Waals surface area contributed by atoms with Gasteiger partial charge >= 0.3 is 0 Å². The van der Waals surface area contributed by atoms with Crippen LogP contribution in [0.25, 0.3) is 10.9 Å². The molecule has 0 bridgehead atoms. The van der Waals surface area contributed by atoms with Gasteiger partial charge in [0, 0.05) is 28.2 Å². The van der Waals surface area contributed by atoms with Gasteiger partial charge in [-0.25, -0.2) is 9.97 Å². The highest BCUT2D eigenvalue weighted by atomic mass is 16.1. The standard InChI is InChI=1S/C29H30N4O/c1-19-16-20(2)18-24(17-19)30-28(34)22-12-14-23(15-13-22)31-29-32-26-11-7-6-10-25(26)27(33-29)21-8-4-3-5-9-21/h6-7,10-18,21H,3-5,8-9H2,1-2H3,(H,30,34)(H,31,32,33). The Hall–Kier alpha value is -3.73. The van der Waals surface area contributed by atoms with Crippen molar-refractivity contribution < 1.29 is 4.79 Å². The molecule has 0 aliphatic heterocycles. The number of hydrogen-bond donors (Lipinski definition) is 2. The Morgan fingerprint density at radius 2 is 1.53 bits per heavy atom. The van der Waals surface area contributed by atoms with Crippen LogP contribution in [0.4, 0.5) is 17.3 Å². The molecule has 0 atom stereocenters. The number of aromatic nitrogens is 2. The number of aryl methyl sites for hydroxylation is 2. The molecule has 0 saturated heterocycles. The number of para-hydroxylation sites is 1. The molecule has 0 radical (unpaired) electrons. The lowest BCUT2D eigenvalue weighted by atomic mass is 9.85. The maximum absolute atomic E-state index is 12.7. The third-order valence-corrected chi connectivity index (χ3v) is 6.51. The summed E-state index contributed by atoms with van der Waals surface area (Å²) in [6.07, 6.45) is 6.21. The molecule has 1 heterocycles. The van der Waals surface area contributed by atoms with Crippen molar-refractivity contribution in [2.24, 2.45) is 0 Å². The second kappa shape index (κ2) is 9.64. The Kier molecular flexibility index (Phi) is 6.26. The van der Waals surface area contributed by atoms with Crippen LogP contribution in [0.3, 0.4) is 0 Å². The highest BCUT2D eigenvalue weighted by Crippen LogP contribution is 2.35. The van der Waals surface area contributed by atoms with E-state index in [0.717, 1.165) is 39.1 Å². The first-order chi connectivity index (χ1) is 16.5. The fraction of sp³-hybridized carbons (Fsp3) is 0.276. The number of carbonyl (C=O) groups excluding carboxylic acids is 1. The molecule has 1 aliphatic carbocycles. The molecule has 3 aromatic carbocycles. The molecule has 1 aliphatic rings. The van der Waals surface area contributed by atoms with Crippen LogP contribution in [0.1, 0.15) is 65.2 Å². The van der Waals surface area contributed by atoms with Crippen molar-refractivity contribution in [2.75, 3.05) is 10.6 Å². The second-order valence-electron chi connectivity index (χ2n) is 9.32. The molecule has 1 aromatic heterocycles. The minimum Gasteiger partial charge on any atom is -0.324 e. The molecule has 172 valence electrons. The lowest BCUT2D eigenvalue weighted by molar-refractivity contribution is 0.102. The van der Waals surface area contributed by atoms with E-state index in [4.69, 9.17) is 9.97 Å². The molecule has 1 amide bonds. The number of carbonyl (C=O) groups is 1. The predicted molar refractivity (Wildman–Crippen MR) is 139 cm³/mol. The summed E-state index contributed by atoms with van der Waals surface area (Å²) in [6.45, 7) is 4.05. The number of nitrogens with one attached hydrogen (secondary N) is 2. The Labute approximate surface area is 200 Å². The molecule has 5 heteroatoms. The summed E-state index contributed by atoms with van der Waals surface area (Å²) < 4.78 is 0. The number of anilines is 3. The Morgan fingerprint density at radius 3 is 2.26 bits per heavy atom. The Balaban J connectivity index is 1.35. The smallest absolute Gasteiger partial charge is 0.255 e. The minimum absolute atomic E-state index is 0.127. The lowest BCUT2D eigenvalue weighted by Gasteiger charge is -2.22. The Bertz CT molecular complexity index is 1300. The van der Waals surface area contributed by atoms with Crippen molar-refractivity contribution >= 4 is 34.1 Å². The molecule has 5 rings (SSSR count). The summed E-state index contributed by atoms with van der Waals surface area (Å²) in [5.41, 5.74) is 6.63. The monoisotopic (exact) mass is 450 g/mol. The first-order valence-electron chi connectivity index (χ1n) is 12.1. The molecule has 34 heavy (non-hydrogen) atoms. The topological polar surface area (TPSA) is 66.9 Å². The van der Waals surface area contributed by atoms with Gasteiger partial charge < -0.3 is 10.6 Å². The highest BCUT2D eigenvalue weighted by molar-refractivity contribution is 6.04. The van der Waals surface area contributed by atoms with E-state index >= 15 is 0 Å². The molecule has 0 unspecified atom stereocenters. The number of amides is 1. The van der Waals surface area contributed by atoms with E-state index in [0.29, 0.717) is 17.4 Å². The zero-order valence-electron chi connectivity index (χ0n) is 19.8. The third-order valence-electron chi connectivity index (χ3n) is 6.51. The van der Waals surface area contributed by atoms with Crippen molar-refractivity contribution in [2.45, 2.75) is 51.9 Å². The first-order valence-corrected chi connectivity index (χ1v) is 12.1. The van der Waals surface area contributed by atoms with Crippen molar-refractivity contribution in [3.05, 3.63) is 89.1 Å². The number of rotatable bonds is 5. The first kappa shape index (κ1) is 22.1. The van der Waals surface area contributed by atoms with Crippen LogP contribution in [0.15, 0.2) is 66.7 Å². The van der Waals surface area contributed by atoms with Crippen molar-refractivity contribution in [1.29, 1.82) is 0 Å². The fourth-order valence-corrected chi connectivity index (χ4v) is 4.93. The quantitative estimate of drug-likeness (QED) is 0.335. The normalized spacial score (nSPS) is 14.2. The molecule has 2 N–H and O–H groups in total. The SMILES string of the molecule is Cc1cc(C)cc(NC(=O)c2ccc(Nc3nc(C4CCCCC4)c4ccccc4n3)cc2)c1. The van der Waals surface area contributed by atoms with Gasteiger partial charge in [0.05, 0.1) is 11.2 Å². The van der Waals surface area contributed by atoms with Gasteiger partial charge in [-0.05, 0) is 80.3 Å². The average Bonchev–Trinajstić information content (AvgIpc) is 2.84. The van der Waals surface area contributed by atoms with Crippen LogP contribution >= 0.6 is 0 Å². The predicted octanol–water partition coefficient (Wildman–Crippen LogP) is 7.29. The molecule has 4 aromatic rings. The zero-order valence-corrected chi connectivity index (χ0v) is 19.8. The van der Waals surface area contributed by atoms with Gasteiger partial charge in [0.1, 0.15) is 0 Å². The largest absolute Gasteiger partial charge is 0.324 e. The number of benzene rings is 3. The molecule has 5 nitrogen and oxygen atoms in total. The van der Waals surface area contributed by atoms with Gasteiger partial charge in [-0.3, -0.25) is 4.79 Å². The molecule has 0 spiro atoms. The zero-order chi connectivity index (χ0) is 23.5. The Morgan fingerprint density at radius 1 is 0.824 bits per heavy atom. The van der Waals surface area contributed by atoms with E-state index in [-0.39, 0.29) is 5.91 Å². The number of nitrogens with zero attached hydrogens (tertiary/aromatic N) is 2. The van der Waals surface area contributed by atoms with Crippen LogP contribution in [0.5, 0.6) is 0 Å². The molecule has 1 fully saturated rings.